The lowest BCUT2D eigenvalue weighted by molar-refractivity contribution is -0.122. The number of amides is 1. The van der Waals surface area contributed by atoms with Crippen LogP contribution in [-0.2, 0) is 4.79 Å². The molecule has 24 heavy (non-hydrogen) atoms. The van der Waals surface area contributed by atoms with Gasteiger partial charge in [0.25, 0.3) is 0 Å². The number of hydrogen-bond acceptors (Lipinski definition) is 3. The minimum atomic E-state index is 0. The van der Waals surface area contributed by atoms with Gasteiger partial charge in [-0.3, -0.25) is 4.79 Å². The van der Waals surface area contributed by atoms with E-state index in [1.54, 1.807) is 0 Å². The molecule has 3 fully saturated rings. The standard InChI is InChI=1S/C18H33N3O.2ClH/c22-18(6-5-15-7-11-19-12-8-15)20-16-9-13-21(14-10-16)17-3-1-2-4-17;;/h15-17,19H,1-14H2,(H,20,22);2*1H. The first kappa shape index (κ1) is 22.0. The van der Waals surface area contributed by atoms with E-state index >= 15 is 0 Å². The number of piperidine rings is 2. The monoisotopic (exact) mass is 379 g/mol. The third-order valence-corrected chi connectivity index (χ3v) is 5.97. The molecular weight excluding hydrogens is 345 g/mol. The SMILES string of the molecule is Cl.Cl.O=C(CCC1CCNCC1)NC1CCN(C2CCCC2)CC1. The quantitative estimate of drug-likeness (QED) is 0.770. The van der Waals surface area contributed by atoms with Crippen molar-refractivity contribution < 1.29 is 4.79 Å². The number of rotatable bonds is 5. The predicted octanol–water partition coefficient (Wildman–Crippen LogP) is 3.13. The van der Waals surface area contributed by atoms with Crippen LogP contribution in [0.15, 0.2) is 0 Å². The van der Waals surface area contributed by atoms with Crippen molar-refractivity contribution in [2.75, 3.05) is 26.2 Å². The highest BCUT2D eigenvalue weighted by Gasteiger charge is 2.27. The lowest BCUT2D eigenvalue weighted by Gasteiger charge is -2.36. The Morgan fingerprint density at radius 1 is 0.958 bits per heavy atom. The van der Waals surface area contributed by atoms with Gasteiger partial charge in [-0.15, -0.1) is 24.8 Å². The first-order chi connectivity index (χ1) is 10.8. The van der Waals surface area contributed by atoms with E-state index in [2.05, 4.69) is 15.5 Å². The van der Waals surface area contributed by atoms with E-state index in [-0.39, 0.29) is 30.7 Å². The van der Waals surface area contributed by atoms with Crippen LogP contribution in [-0.4, -0.2) is 49.1 Å². The second-order valence-corrected chi connectivity index (χ2v) is 7.55. The fraction of sp³-hybridized carbons (Fsp3) is 0.944. The van der Waals surface area contributed by atoms with Crippen molar-refractivity contribution in [3.8, 4) is 0 Å². The molecule has 0 aromatic rings. The fourth-order valence-electron chi connectivity index (χ4n) is 4.48. The molecule has 1 saturated carbocycles. The molecule has 0 spiro atoms. The largest absolute Gasteiger partial charge is 0.353 e. The lowest BCUT2D eigenvalue weighted by atomic mass is 9.93. The number of halogens is 2. The molecule has 0 aromatic carbocycles. The molecule has 2 saturated heterocycles. The van der Waals surface area contributed by atoms with Gasteiger partial charge in [0, 0.05) is 31.6 Å². The molecule has 3 rings (SSSR count). The molecule has 0 radical (unpaired) electrons. The van der Waals surface area contributed by atoms with Gasteiger partial charge in [-0.25, -0.2) is 0 Å². The number of hydrogen-bond donors (Lipinski definition) is 2. The summed E-state index contributed by atoms with van der Waals surface area (Å²) in [7, 11) is 0. The maximum absolute atomic E-state index is 12.2. The summed E-state index contributed by atoms with van der Waals surface area (Å²) >= 11 is 0. The van der Waals surface area contributed by atoms with Crippen molar-refractivity contribution in [3.05, 3.63) is 0 Å². The van der Waals surface area contributed by atoms with Gasteiger partial charge in [-0.05, 0) is 64.0 Å². The highest BCUT2D eigenvalue weighted by atomic mass is 35.5. The molecule has 0 bridgehead atoms. The zero-order valence-corrected chi connectivity index (χ0v) is 16.4. The van der Waals surface area contributed by atoms with Crippen LogP contribution in [0, 0.1) is 5.92 Å². The van der Waals surface area contributed by atoms with Gasteiger partial charge in [-0.1, -0.05) is 12.8 Å². The topological polar surface area (TPSA) is 44.4 Å². The second-order valence-electron chi connectivity index (χ2n) is 7.55. The zero-order chi connectivity index (χ0) is 15.2. The van der Waals surface area contributed by atoms with Crippen molar-refractivity contribution in [2.45, 2.75) is 76.3 Å². The maximum atomic E-state index is 12.2. The summed E-state index contributed by atoms with van der Waals surface area (Å²) in [6, 6.07) is 1.27. The Hall–Kier alpha value is -0.0300. The molecule has 2 N–H and O–H groups in total. The van der Waals surface area contributed by atoms with Crippen LogP contribution in [0.4, 0.5) is 0 Å². The van der Waals surface area contributed by atoms with Gasteiger partial charge in [0.05, 0.1) is 0 Å². The predicted molar refractivity (Wildman–Crippen MR) is 104 cm³/mol. The summed E-state index contributed by atoms with van der Waals surface area (Å²) in [5, 5.41) is 6.68. The molecular formula is C18H35Cl2N3O. The lowest BCUT2D eigenvalue weighted by Crippen LogP contribution is -2.47. The van der Waals surface area contributed by atoms with Gasteiger partial charge < -0.3 is 15.5 Å². The average molecular weight is 380 g/mol. The Kier molecular flexibility index (Phi) is 10.6. The zero-order valence-electron chi connectivity index (χ0n) is 14.8. The van der Waals surface area contributed by atoms with Crippen molar-refractivity contribution >= 4 is 30.7 Å². The van der Waals surface area contributed by atoms with Crippen LogP contribution in [0.1, 0.15) is 64.2 Å². The normalized spacial score (nSPS) is 24.2. The highest BCUT2D eigenvalue weighted by molar-refractivity contribution is 5.85. The first-order valence-electron chi connectivity index (χ1n) is 9.55. The summed E-state index contributed by atoms with van der Waals surface area (Å²) < 4.78 is 0. The van der Waals surface area contributed by atoms with E-state index in [1.165, 1.54) is 51.6 Å². The van der Waals surface area contributed by atoms with Crippen LogP contribution in [0.3, 0.4) is 0 Å². The van der Waals surface area contributed by atoms with Crippen LogP contribution < -0.4 is 10.6 Å². The molecule has 4 nitrogen and oxygen atoms in total. The van der Waals surface area contributed by atoms with Crippen molar-refractivity contribution in [2.24, 2.45) is 5.92 Å². The van der Waals surface area contributed by atoms with E-state index in [0.717, 1.165) is 50.7 Å². The van der Waals surface area contributed by atoms with Gasteiger partial charge >= 0.3 is 0 Å². The van der Waals surface area contributed by atoms with E-state index in [9.17, 15) is 4.79 Å². The third kappa shape index (κ3) is 6.70. The Labute approximate surface area is 159 Å². The fourth-order valence-corrected chi connectivity index (χ4v) is 4.48. The number of likely N-dealkylation sites (tertiary alicyclic amines) is 1. The molecule has 0 aromatic heterocycles. The molecule has 1 aliphatic carbocycles. The summed E-state index contributed by atoms with van der Waals surface area (Å²) in [4.78, 5) is 14.8. The van der Waals surface area contributed by atoms with Crippen LogP contribution >= 0.6 is 24.8 Å². The summed E-state index contributed by atoms with van der Waals surface area (Å²) in [5.41, 5.74) is 0. The molecule has 0 unspecified atom stereocenters. The van der Waals surface area contributed by atoms with Gasteiger partial charge in [-0.2, -0.15) is 0 Å². The van der Waals surface area contributed by atoms with E-state index in [4.69, 9.17) is 0 Å². The Bertz CT molecular complexity index is 350. The number of nitrogens with zero attached hydrogens (tertiary/aromatic N) is 1. The first-order valence-corrected chi connectivity index (χ1v) is 9.55. The van der Waals surface area contributed by atoms with E-state index in [1.807, 2.05) is 0 Å². The summed E-state index contributed by atoms with van der Waals surface area (Å²) in [6.45, 7) is 4.63. The smallest absolute Gasteiger partial charge is 0.220 e. The summed E-state index contributed by atoms with van der Waals surface area (Å²) in [6.07, 6.45) is 12.2. The molecule has 0 atom stereocenters. The van der Waals surface area contributed by atoms with Gasteiger partial charge in [0.1, 0.15) is 0 Å². The molecule has 1 amide bonds. The third-order valence-electron chi connectivity index (χ3n) is 5.97. The van der Waals surface area contributed by atoms with E-state index < -0.39 is 0 Å². The van der Waals surface area contributed by atoms with Crippen LogP contribution in [0.25, 0.3) is 0 Å². The number of carbonyl (C=O) groups is 1. The second kappa shape index (κ2) is 11.6. The molecule has 2 aliphatic heterocycles. The van der Waals surface area contributed by atoms with Gasteiger partial charge in [0.15, 0.2) is 0 Å². The minimum absolute atomic E-state index is 0. The maximum Gasteiger partial charge on any atom is 0.220 e. The number of nitrogens with one attached hydrogen (secondary N) is 2. The molecule has 6 heteroatoms. The Balaban J connectivity index is 0.00000144. The van der Waals surface area contributed by atoms with Crippen LogP contribution in [0.2, 0.25) is 0 Å². The summed E-state index contributed by atoms with van der Waals surface area (Å²) in [5.74, 6) is 1.05. The van der Waals surface area contributed by atoms with Crippen molar-refractivity contribution in [3.63, 3.8) is 0 Å². The van der Waals surface area contributed by atoms with Crippen molar-refractivity contribution in [1.82, 2.24) is 15.5 Å². The Morgan fingerprint density at radius 2 is 1.58 bits per heavy atom. The number of carbonyl (C=O) groups excluding carboxylic acids is 1. The van der Waals surface area contributed by atoms with Crippen molar-refractivity contribution in [1.29, 1.82) is 0 Å². The highest BCUT2D eigenvalue weighted by Crippen LogP contribution is 2.26. The van der Waals surface area contributed by atoms with Gasteiger partial charge in [0.2, 0.25) is 5.91 Å². The molecule has 142 valence electrons. The molecule has 2 heterocycles. The van der Waals surface area contributed by atoms with E-state index in [0.29, 0.717) is 6.04 Å². The molecule has 3 aliphatic rings. The van der Waals surface area contributed by atoms with Crippen LogP contribution in [0.5, 0.6) is 0 Å². The Morgan fingerprint density at radius 3 is 2.21 bits per heavy atom. The average Bonchev–Trinajstić information content (AvgIpc) is 3.09. The minimum Gasteiger partial charge on any atom is -0.353 e.